The topological polar surface area (TPSA) is 99.2 Å². The molecule has 6 aromatic rings. The lowest BCUT2D eigenvalue weighted by Gasteiger charge is -2.12. The summed E-state index contributed by atoms with van der Waals surface area (Å²) in [5, 5.41) is 1.84. The molecule has 0 bridgehead atoms. The van der Waals surface area contributed by atoms with Gasteiger partial charge < -0.3 is 23.2 Å². The van der Waals surface area contributed by atoms with Crippen LogP contribution in [0.1, 0.15) is 12.5 Å². The Bertz CT molecular complexity index is 2350. The van der Waals surface area contributed by atoms with Crippen LogP contribution in [0.5, 0.6) is 11.5 Å². The number of rotatable bonds is 9. The van der Waals surface area contributed by atoms with Crippen LogP contribution in [-0.4, -0.2) is 45.0 Å². The molecule has 0 aliphatic heterocycles. The van der Waals surface area contributed by atoms with Crippen molar-refractivity contribution in [2.45, 2.75) is 13.8 Å². The van der Waals surface area contributed by atoms with E-state index in [0.29, 0.717) is 45.8 Å². The molecule has 0 aliphatic rings. The normalized spacial score (nSPS) is 10.1. The number of likely N-dealkylation sites (N-methyl/N-ethyl adjacent to an activating group) is 1. The summed E-state index contributed by atoms with van der Waals surface area (Å²) in [5.74, 6) is 0.866. The quantitative estimate of drug-likeness (QED) is 0.0818. The first-order valence-corrected chi connectivity index (χ1v) is 17.0. The van der Waals surface area contributed by atoms with Gasteiger partial charge in [-0.3, -0.25) is 4.79 Å². The zero-order chi connectivity index (χ0) is 39.8. The third-order valence-electron chi connectivity index (χ3n) is 7.59. The number of benzene rings is 4. The maximum absolute atomic E-state index is 13.2. The molecule has 0 unspecified atom stereocenters. The fourth-order valence-corrected chi connectivity index (χ4v) is 5.15. The van der Waals surface area contributed by atoms with Crippen LogP contribution in [0.15, 0.2) is 147 Å². The van der Waals surface area contributed by atoms with Crippen LogP contribution in [-0.2, 0) is 4.79 Å². The molecule has 0 aliphatic carbocycles. The zero-order valence-corrected chi connectivity index (χ0v) is 31.7. The number of fused-ring (bicyclic) bond motifs is 2. The third kappa shape index (κ3) is 12.3. The molecule has 54 heavy (non-hydrogen) atoms. The number of hydrogen-bond acceptors (Lipinski definition) is 8. The van der Waals surface area contributed by atoms with E-state index in [9.17, 15) is 18.8 Å². The van der Waals surface area contributed by atoms with Crippen LogP contribution >= 0.6 is 11.6 Å². The second-order valence-corrected chi connectivity index (χ2v) is 12.3. The Morgan fingerprint density at radius 2 is 1.31 bits per heavy atom. The number of halogens is 2. The van der Waals surface area contributed by atoms with Gasteiger partial charge in [-0.25, -0.2) is 14.0 Å². The molecule has 4 aromatic carbocycles. The van der Waals surface area contributed by atoms with Gasteiger partial charge in [0.15, 0.2) is 5.78 Å². The zero-order valence-electron chi connectivity index (χ0n) is 31.0. The minimum atomic E-state index is -0.508. The van der Waals surface area contributed by atoms with E-state index in [2.05, 4.69) is 24.6 Å². The van der Waals surface area contributed by atoms with Crippen molar-refractivity contribution in [1.29, 1.82) is 0 Å². The number of nitrogens with zero attached hydrogens (tertiary/aromatic N) is 1. The molecular formula is C44H43ClFNO7. The highest BCUT2D eigenvalue weighted by atomic mass is 35.5. The van der Waals surface area contributed by atoms with E-state index >= 15 is 0 Å². The van der Waals surface area contributed by atoms with Crippen molar-refractivity contribution >= 4 is 39.3 Å². The maximum atomic E-state index is 13.2. The molecule has 8 nitrogen and oxygen atoms in total. The first-order chi connectivity index (χ1) is 25.8. The highest BCUT2D eigenvalue weighted by Crippen LogP contribution is 2.34. The standard InChI is InChI=1S/C20H21NO3.C16H10ClFO3.C4H6O.C4H6/c1-14-6-4-5-7-16(14)18-13-20(22)24-19-12-15(8-9-17(18)19)23-11-10-21(2)3;1-20-10-3-5-12-13(8-16(19)21-15(12)7-10)11-4-2-9(18)6-14(11)17;1-3-4(2)5;1-3-4-2/h4-9,12-13H,10-11H2,1-3H3;2-8H,1H3;3H,1H2,2H3;3-4H,1-2H2. The Balaban J connectivity index is 0.000000239. The lowest BCUT2D eigenvalue weighted by atomic mass is 9.98. The molecule has 0 radical (unpaired) electrons. The van der Waals surface area contributed by atoms with E-state index < -0.39 is 11.4 Å². The van der Waals surface area contributed by atoms with Gasteiger partial charge in [-0.2, -0.15) is 0 Å². The van der Waals surface area contributed by atoms with E-state index in [4.69, 9.17) is 29.9 Å². The summed E-state index contributed by atoms with van der Waals surface area (Å²) in [5.41, 5.74) is 4.28. The molecule has 2 heterocycles. The largest absolute Gasteiger partial charge is 0.497 e. The van der Waals surface area contributed by atoms with Gasteiger partial charge >= 0.3 is 11.3 Å². The maximum Gasteiger partial charge on any atom is 0.336 e. The van der Waals surface area contributed by atoms with Crippen molar-refractivity contribution in [3.63, 3.8) is 0 Å². The summed E-state index contributed by atoms with van der Waals surface area (Å²) in [6, 6.07) is 25.8. The first kappa shape index (κ1) is 42.4. The monoisotopic (exact) mass is 751 g/mol. The van der Waals surface area contributed by atoms with Gasteiger partial charge in [0.1, 0.15) is 35.1 Å². The molecular weight excluding hydrogens is 709 g/mol. The van der Waals surface area contributed by atoms with Crippen LogP contribution in [0.25, 0.3) is 44.2 Å². The fraction of sp³-hybridized carbons (Fsp3) is 0.159. The average molecular weight is 752 g/mol. The molecule has 0 atom stereocenters. The van der Waals surface area contributed by atoms with Gasteiger partial charge in [-0.15, -0.1) is 0 Å². The Kier molecular flexibility index (Phi) is 16.4. The summed E-state index contributed by atoms with van der Waals surface area (Å²) in [4.78, 5) is 35.5. The summed E-state index contributed by atoms with van der Waals surface area (Å²) >= 11 is 6.08. The molecule has 0 saturated heterocycles. The summed E-state index contributed by atoms with van der Waals surface area (Å²) in [7, 11) is 5.52. The van der Waals surface area contributed by atoms with Crippen LogP contribution in [0, 0.1) is 12.7 Å². The number of aryl methyl sites for hydroxylation is 1. The van der Waals surface area contributed by atoms with E-state index in [1.165, 1.54) is 44.4 Å². The molecule has 280 valence electrons. The Labute approximate surface area is 319 Å². The van der Waals surface area contributed by atoms with Crippen molar-refractivity contribution in [3.05, 3.63) is 166 Å². The number of ketones is 1. The van der Waals surface area contributed by atoms with Gasteiger partial charge in [0.2, 0.25) is 0 Å². The molecule has 0 fully saturated rings. The number of ether oxygens (including phenoxy) is 2. The van der Waals surface area contributed by atoms with Gasteiger partial charge in [-0.05, 0) is 87.6 Å². The number of carbonyl (C=O) groups excluding carboxylic acids is 1. The minimum absolute atomic E-state index is 0.0185. The highest BCUT2D eigenvalue weighted by Gasteiger charge is 2.13. The fourth-order valence-electron chi connectivity index (χ4n) is 4.88. The number of methoxy groups -OCH3 is 1. The summed E-state index contributed by atoms with van der Waals surface area (Å²) in [6.45, 7) is 14.8. The van der Waals surface area contributed by atoms with E-state index in [1.807, 2.05) is 57.4 Å². The minimum Gasteiger partial charge on any atom is -0.497 e. The third-order valence-corrected chi connectivity index (χ3v) is 7.90. The second-order valence-electron chi connectivity index (χ2n) is 11.9. The average Bonchev–Trinajstić information content (AvgIpc) is 3.14. The van der Waals surface area contributed by atoms with Crippen molar-refractivity contribution in [1.82, 2.24) is 4.90 Å². The predicted octanol–water partition coefficient (Wildman–Crippen LogP) is 10.1. The van der Waals surface area contributed by atoms with Crippen LogP contribution < -0.4 is 20.7 Å². The Morgan fingerprint density at radius 1 is 0.778 bits per heavy atom. The first-order valence-electron chi connectivity index (χ1n) is 16.7. The van der Waals surface area contributed by atoms with E-state index in [1.54, 1.807) is 42.5 Å². The van der Waals surface area contributed by atoms with Gasteiger partial charge in [-0.1, -0.05) is 67.8 Å². The van der Waals surface area contributed by atoms with Crippen LogP contribution in [0.3, 0.4) is 0 Å². The number of hydrogen-bond donors (Lipinski definition) is 0. The van der Waals surface area contributed by atoms with Crippen molar-refractivity contribution < 1.29 is 27.5 Å². The van der Waals surface area contributed by atoms with Crippen molar-refractivity contribution in [2.75, 3.05) is 34.4 Å². The van der Waals surface area contributed by atoms with Crippen LogP contribution in [0.4, 0.5) is 4.39 Å². The molecule has 0 saturated carbocycles. The lowest BCUT2D eigenvalue weighted by molar-refractivity contribution is -0.112. The summed E-state index contributed by atoms with van der Waals surface area (Å²) in [6.07, 6.45) is 4.56. The van der Waals surface area contributed by atoms with Crippen molar-refractivity contribution in [3.8, 4) is 33.8 Å². The van der Waals surface area contributed by atoms with E-state index in [-0.39, 0.29) is 16.4 Å². The van der Waals surface area contributed by atoms with E-state index in [0.717, 1.165) is 28.6 Å². The molecule has 6 rings (SSSR count). The van der Waals surface area contributed by atoms with Crippen molar-refractivity contribution in [2.24, 2.45) is 0 Å². The van der Waals surface area contributed by atoms with Gasteiger partial charge in [0.25, 0.3) is 0 Å². The molecule has 10 heteroatoms. The Morgan fingerprint density at radius 3 is 1.81 bits per heavy atom. The predicted molar refractivity (Wildman–Crippen MR) is 217 cm³/mol. The molecule has 0 N–H and O–H groups in total. The Hall–Kier alpha value is -6.03. The second kappa shape index (κ2) is 20.9. The molecule has 0 amide bonds. The number of carbonyl (C=O) groups is 1. The number of allylic oxidation sites excluding steroid dienone is 3. The molecule has 0 spiro atoms. The smallest absolute Gasteiger partial charge is 0.336 e. The lowest BCUT2D eigenvalue weighted by Crippen LogP contribution is -2.19. The van der Waals surface area contributed by atoms with Gasteiger partial charge in [0.05, 0.1) is 12.1 Å². The molecule has 2 aromatic heterocycles. The highest BCUT2D eigenvalue weighted by molar-refractivity contribution is 6.33. The summed E-state index contributed by atoms with van der Waals surface area (Å²) < 4.78 is 34.6. The SMILES string of the molecule is C=CC(C)=O.C=CC=C.COc1ccc2c(-c3ccc(F)cc3Cl)cc(=O)oc2c1.Cc1ccccc1-c1cc(=O)oc2cc(OCCN(C)C)ccc12. The van der Waals surface area contributed by atoms with Gasteiger partial charge in [0, 0.05) is 58.3 Å². The van der Waals surface area contributed by atoms with Crippen LogP contribution in [0.2, 0.25) is 5.02 Å².